The number of aromatic nitrogens is 2. The Morgan fingerprint density at radius 3 is 2.50 bits per heavy atom. The molecule has 3 rings (SSSR count). The highest BCUT2D eigenvalue weighted by molar-refractivity contribution is 8.00. The van der Waals surface area contributed by atoms with E-state index in [9.17, 15) is 0 Å². The molecule has 2 heterocycles. The molecule has 1 aromatic heterocycles. The zero-order valence-electron chi connectivity index (χ0n) is 10.8. The Bertz CT molecular complexity index is 440. The number of hydrogen-bond donors (Lipinski definition) is 0. The quantitative estimate of drug-likeness (QED) is 0.779. The Morgan fingerprint density at radius 2 is 1.89 bits per heavy atom. The molecule has 0 amide bonds. The number of anilines is 1. The van der Waals surface area contributed by atoms with Crippen LogP contribution in [0.2, 0.25) is 5.15 Å². The molecule has 2 fully saturated rings. The SMILES string of the molecule is CC1CN(c2cc(Cl)nc(C3CC3)n2)CC(C)S1. The zero-order valence-corrected chi connectivity index (χ0v) is 12.3. The minimum atomic E-state index is 0.552. The van der Waals surface area contributed by atoms with Crippen molar-refractivity contribution < 1.29 is 0 Å². The number of hydrogen-bond acceptors (Lipinski definition) is 4. The lowest BCUT2D eigenvalue weighted by molar-refractivity contribution is 0.712. The summed E-state index contributed by atoms with van der Waals surface area (Å²) in [5.74, 6) is 2.50. The van der Waals surface area contributed by atoms with Crippen LogP contribution in [0.3, 0.4) is 0 Å². The number of nitrogens with zero attached hydrogens (tertiary/aromatic N) is 3. The van der Waals surface area contributed by atoms with Crippen LogP contribution in [0.5, 0.6) is 0 Å². The summed E-state index contributed by atoms with van der Waals surface area (Å²) in [4.78, 5) is 11.4. The lowest BCUT2D eigenvalue weighted by Gasteiger charge is -2.35. The van der Waals surface area contributed by atoms with Gasteiger partial charge in [0.25, 0.3) is 0 Å². The summed E-state index contributed by atoms with van der Waals surface area (Å²) >= 11 is 8.18. The molecule has 0 N–H and O–H groups in total. The van der Waals surface area contributed by atoms with E-state index in [4.69, 9.17) is 16.6 Å². The Balaban J connectivity index is 1.86. The summed E-state index contributed by atoms with van der Waals surface area (Å²) in [5, 5.41) is 1.87. The molecule has 2 aliphatic rings. The highest BCUT2D eigenvalue weighted by atomic mass is 35.5. The molecule has 1 aliphatic heterocycles. The molecule has 0 radical (unpaired) electrons. The molecule has 1 aliphatic carbocycles. The second kappa shape index (κ2) is 4.89. The van der Waals surface area contributed by atoms with E-state index < -0.39 is 0 Å². The maximum Gasteiger partial charge on any atom is 0.135 e. The molecular formula is C13H18ClN3S. The first-order chi connectivity index (χ1) is 8.61. The summed E-state index contributed by atoms with van der Waals surface area (Å²) in [6.45, 7) is 6.65. The summed E-state index contributed by atoms with van der Waals surface area (Å²) in [7, 11) is 0. The van der Waals surface area contributed by atoms with Crippen LogP contribution in [0.25, 0.3) is 0 Å². The van der Waals surface area contributed by atoms with Gasteiger partial charge in [-0.05, 0) is 12.8 Å². The van der Waals surface area contributed by atoms with E-state index in [0.717, 1.165) is 24.7 Å². The van der Waals surface area contributed by atoms with Gasteiger partial charge in [-0.2, -0.15) is 11.8 Å². The first kappa shape index (κ1) is 12.5. The van der Waals surface area contributed by atoms with Gasteiger partial charge in [0, 0.05) is 35.6 Å². The van der Waals surface area contributed by atoms with Crippen LogP contribution in [-0.2, 0) is 0 Å². The van der Waals surface area contributed by atoms with Crippen LogP contribution >= 0.6 is 23.4 Å². The van der Waals surface area contributed by atoms with Crippen LogP contribution < -0.4 is 4.90 Å². The van der Waals surface area contributed by atoms with Crippen molar-refractivity contribution in [3.8, 4) is 0 Å². The predicted octanol–water partition coefficient (Wildman–Crippen LogP) is 3.34. The third-order valence-corrected chi connectivity index (χ3v) is 4.81. The first-order valence-corrected chi connectivity index (χ1v) is 7.89. The van der Waals surface area contributed by atoms with E-state index in [1.807, 2.05) is 17.8 Å². The molecule has 5 heteroatoms. The molecule has 0 spiro atoms. The number of rotatable bonds is 2. The van der Waals surface area contributed by atoms with Gasteiger partial charge < -0.3 is 4.90 Å². The normalized spacial score (nSPS) is 28.5. The Labute approximate surface area is 117 Å². The fourth-order valence-corrected chi connectivity index (χ4v) is 3.98. The molecule has 1 aromatic rings. The Kier molecular flexibility index (Phi) is 3.41. The van der Waals surface area contributed by atoms with Crippen LogP contribution in [-0.4, -0.2) is 33.6 Å². The second-order valence-corrected chi connectivity index (χ2v) is 7.61. The minimum absolute atomic E-state index is 0.552. The molecule has 0 aromatic carbocycles. The van der Waals surface area contributed by atoms with Gasteiger partial charge in [0.05, 0.1) is 0 Å². The van der Waals surface area contributed by atoms with Crippen LogP contribution in [0.1, 0.15) is 38.4 Å². The highest BCUT2D eigenvalue weighted by Gasteiger charge is 2.29. The van der Waals surface area contributed by atoms with E-state index in [1.54, 1.807) is 0 Å². The number of thioether (sulfide) groups is 1. The number of halogens is 1. The van der Waals surface area contributed by atoms with Gasteiger partial charge in [0.2, 0.25) is 0 Å². The minimum Gasteiger partial charge on any atom is -0.354 e. The van der Waals surface area contributed by atoms with Gasteiger partial charge in [-0.3, -0.25) is 0 Å². The van der Waals surface area contributed by atoms with E-state index in [2.05, 4.69) is 23.7 Å². The molecule has 0 bridgehead atoms. The average Bonchev–Trinajstić information content (AvgIpc) is 3.10. The Morgan fingerprint density at radius 1 is 1.22 bits per heavy atom. The fourth-order valence-electron chi connectivity index (χ4n) is 2.47. The van der Waals surface area contributed by atoms with Crippen molar-refractivity contribution in [2.45, 2.75) is 43.1 Å². The molecule has 18 heavy (non-hydrogen) atoms. The van der Waals surface area contributed by atoms with Crippen molar-refractivity contribution in [3.63, 3.8) is 0 Å². The third-order valence-electron chi connectivity index (χ3n) is 3.38. The second-order valence-electron chi connectivity index (χ2n) is 5.34. The summed E-state index contributed by atoms with van der Waals surface area (Å²) in [6, 6.07) is 1.91. The lowest BCUT2D eigenvalue weighted by Crippen LogP contribution is -2.41. The fraction of sp³-hybridized carbons (Fsp3) is 0.692. The smallest absolute Gasteiger partial charge is 0.135 e. The third kappa shape index (κ3) is 2.75. The van der Waals surface area contributed by atoms with E-state index in [1.165, 1.54) is 12.8 Å². The lowest BCUT2D eigenvalue weighted by atomic mass is 10.3. The first-order valence-electron chi connectivity index (χ1n) is 6.56. The van der Waals surface area contributed by atoms with E-state index in [-0.39, 0.29) is 0 Å². The van der Waals surface area contributed by atoms with E-state index in [0.29, 0.717) is 21.6 Å². The molecule has 1 saturated carbocycles. The largest absolute Gasteiger partial charge is 0.354 e. The van der Waals surface area contributed by atoms with Crippen LogP contribution in [0, 0.1) is 0 Å². The summed E-state index contributed by atoms with van der Waals surface area (Å²) in [6.07, 6.45) is 2.42. The molecular weight excluding hydrogens is 266 g/mol. The van der Waals surface area contributed by atoms with Gasteiger partial charge in [-0.15, -0.1) is 0 Å². The van der Waals surface area contributed by atoms with Crippen LogP contribution in [0.15, 0.2) is 6.07 Å². The molecule has 2 unspecified atom stereocenters. The standard InChI is InChI=1S/C13H18ClN3S/c1-8-6-17(7-9(2)18-8)12-5-11(14)15-13(16-12)10-3-4-10/h5,8-10H,3-4,6-7H2,1-2H3. The van der Waals surface area contributed by atoms with Crippen molar-refractivity contribution >= 4 is 29.2 Å². The monoisotopic (exact) mass is 283 g/mol. The van der Waals surface area contributed by atoms with Gasteiger partial charge in [-0.1, -0.05) is 25.4 Å². The summed E-state index contributed by atoms with van der Waals surface area (Å²) < 4.78 is 0. The maximum atomic E-state index is 6.13. The maximum absolute atomic E-state index is 6.13. The van der Waals surface area contributed by atoms with Gasteiger partial charge >= 0.3 is 0 Å². The molecule has 3 nitrogen and oxygen atoms in total. The summed E-state index contributed by atoms with van der Waals surface area (Å²) in [5.41, 5.74) is 0. The van der Waals surface area contributed by atoms with Crippen molar-refractivity contribution in [2.24, 2.45) is 0 Å². The molecule has 1 saturated heterocycles. The van der Waals surface area contributed by atoms with Crippen LogP contribution in [0.4, 0.5) is 5.82 Å². The zero-order chi connectivity index (χ0) is 12.7. The predicted molar refractivity (Wildman–Crippen MR) is 77.7 cm³/mol. The van der Waals surface area contributed by atoms with Crippen molar-refractivity contribution in [1.29, 1.82) is 0 Å². The highest BCUT2D eigenvalue weighted by Crippen LogP contribution is 2.39. The van der Waals surface area contributed by atoms with Crippen molar-refractivity contribution in [3.05, 3.63) is 17.0 Å². The average molecular weight is 284 g/mol. The topological polar surface area (TPSA) is 29.0 Å². The van der Waals surface area contributed by atoms with Gasteiger partial charge in [-0.25, -0.2) is 9.97 Å². The molecule has 98 valence electrons. The van der Waals surface area contributed by atoms with Gasteiger partial charge in [0.1, 0.15) is 16.8 Å². The van der Waals surface area contributed by atoms with E-state index >= 15 is 0 Å². The van der Waals surface area contributed by atoms with Gasteiger partial charge in [0.15, 0.2) is 0 Å². The Hall–Kier alpha value is -0.480. The molecule has 2 atom stereocenters. The van der Waals surface area contributed by atoms with Crippen molar-refractivity contribution in [1.82, 2.24) is 9.97 Å². The van der Waals surface area contributed by atoms with Crippen molar-refractivity contribution in [2.75, 3.05) is 18.0 Å².